The molecule has 0 N–H and O–H groups in total. The van der Waals surface area contributed by atoms with Gasteiger partial charge in [-0.3, -0.25) is 4.98 Å². The van der Waals surface area contributed by atoms with Gasteiger partial charge < -0.3 is 0 Å². The molecule has 0 saturated carbocycles. The molecule has 0 bridgehead atoms. The standard InChI is InChI=1S/C14H14N/c1-11(2)13-9-6-10-15-14(13)12-7-4-3-5-8-12/h3-7,9-11H,1-2H3. The van der Waals surface area contributed by atoms with E-state index < -0.39 is 0 Å². The van der Waals surface area contributed by atoms with Crippen molar-refractivity contribution in [1.82, 2.24) is 4.98 Å². The van der Waals surface area contributed by atoms with Gasteiger partial charge in [-0.1, -0.05) is 44.2 Å². The highest BCUT2D eigenvalue weighted by Crippen LogP contribution is 2.25. The predicted molar refractivity (Wildman–Crippen MR) is 62.6 cm³/mol. The van der Waals surface area contributed by atoms with Crippen LogP contribution in [0.25, 0.3) is 11.3 Å². The first-order valence-corrected chi connectivity index (χ1v) is 5.21. The van der Waals surface area contributed by atoms with Crippen LogP contribution in [0.5, 0.6) is 0 Å². The molecule has 2 rings (SSSR count). The zero-order valence-electron chi connectivity index (χ0n) is 9.07. The van der Waals surface area contributed by atoms with Crippen molar-refractivity contribution in [2.75, 3.05) is 0 Å². The average Bonchev–Trinajstić information content (AvgIpc) is 2.30. The number of aromatic nitrogens is 1. The first kappa shape index (κ1) is 9.91. The SMILES string of the molecule is CC(C)c1cccnc1-c1[c]cccc1. The molecular weight excluding hydrogens is 182 g/mol. The van der Waals surface area contributed by atoms with E-state index in [2.05, 4.69) is 31.0 Å². The van der Waals surface area contributed by atoms with Crippen molar-refractivity contribution in [3.8, 4) is 11.3 Å². The molecule has 0 aliphatic carbocycles. The fourth-order valence-electron chi connectivity index (χ4n) is 1.65. The van der Waals surface area contributed by atoms with Crippen molar-refractivity contribution in [3.63, 3.8) is 0 Å². The molecule has 0 unspecified atom stereocenters. The summed E-state index contributed by atoms with van der Waals surface area (Å²) in [6, 6.07) is 15.3. The molecule has 75 valence electrons. The van der Waals surface area contributed by atoms with Crippen LogP contribution in [0.1, 0.15) is 25.3 Å². The minimum Gasteiger partial charge on any atom is -0.256 e. The largest absolute Gasteiger partial charge is 0.256 e. The molecule has 0 atom stereocenters. The van der Waals surface area contributed by atoms with Gasteiger partial charge in [0, 0.05) is 11.8 Å². The summed E-state index contributed by atoms with van der Waals surface area (Å²) < 4.78 is 0. The highest BCUT2D eigenvalue weighted by atomic mass is 14.7. The Hall–Kier alpha value is -1.63. The van der Waals surface area contributed by atoms with Gasteiger partial charge in [0.25, 0.3) is 0 Å². The smallest absolute Gasteiger partial charge is 0.0742 e. The van der Waals surface area contributed by atoms with Gasteiger partial charge in [0.05, 0.1) is 5.69 Å². The van der Waals surface area contributed by atoms with Crippen LogP contribution in [0.15, 0.2) is 42.6 Å². The Kier molecular flexibility index (Phi) is 2.82. The minimum absolute atomic E-state index is 0.488. The molecule has 1 heterocycles. The maximum Gasteiger partial charge on any atom is 0.0742 e. The Morgan fingerprint density at radius 3 is 2.67 bits per heavy atom. The molecule has 2 aromatic rings. The zero-order chi connectivity index (χ0) is 10.7. The molecule has 0 amide bonds. The van der Waals surface area contributed by atoms with Crippen LogP contribution in [-0.2, 0) is 0 Å². The fraction of sp³-hybridized carbons (Fsp3) is 0.214. The molecule has 1 nitrogen and oxygen atoms in total. The zero-order valence-corrected chi connectivity index (χ0v) is 9.07. The average molecular weight is 196 g/mol. The maximum absolute atomic E-state index is 4.44. The number of rotatable bonds is 2. The molecule has 15 heavy (non-hydrogen) atoms. The van der Waals surface area contributed by atoms with Gasteiger partial charge in [-0.05, 0) is 23.6 Å². The van der Waals surface area contributed by atoms with Crippen LogP contribution in [0.2, 0.25) is 0 Å². The van der Waals surface area contributed by atoms with Crippen LogP contribution < -0.4 is 0 Å². The first-order chi connectivity index (χ1) is 7.29. The van der Waals surface area contributed by atoms with Crippen molar-refractivity contribution in [3.05, 3.63) is 54.2 Å². The lowest BCUT2D eigenvalue weighted by molar-refractivity contribution is 0.861. The molecule has 0 saturated heterocycles. The van der Waals surface area contributed by atoms with Crippen LogP contribution >= 0.6 is 0 Å². The summed E-state index contributed by atoms with van der Waals surface area (Å²) in [6.07, 6.45) is 1.84. The quantitative estimate of drug-likeness (QED) is 0.714. The Bertz CT molecular complexity index is 432. The summed E-state index contributed by atoms with van der Waals surface area (Å²) in [7, 11) is 0. The summed E-state index contributed by atoms with van der Waals surface area (Å²) >= 11 is 0. The molecular formula is C14H14N. The molecule has 1 aromatic heterocycles. The third-order valence-electron chi connectivity index (χ3n) is 2.43. The Labute approximate surface area is 90.8 Å². The van der Waals surface area contributed by atoms with Crippen LogP contribution in [0.3, 0.4) is 0 Å². The predicted octanol–water partition coefficient (Wildman–Crippen LogP) is 3.67. The Morgan fingerprint density at radius 2 is 2.00 bits per heavy atom. The molecule has 0 aliphatic heterocycles. The number of nitrogens with zero attached hydrogens (tertiary/aromatic N) is 1. The van der Waals surface area contributed by atoms with E-state index in [1.165, 1.54) is 5.56 Å². The van der Waals surface area contributed by atoms with E-state index in [1.807, 2.05) is 36.5 Å². The van der Waals surface area contributed by atoms with Crippen molar-refractivity contribution in [1.29, 1.82) is 0 Å². The summed E-state index contributed by atoms with van der Waals surface area (Å²) in [5, 5.41) is 0. The van der Waals surface area contributed by atoms with Gasteiger partial charge in [0.2, 0.25) is 0 Å². The van der Waals surface area contributed by atoms with Crippen molar-refractivity contribution in [2.45, 2.75) is 19.8 Å². The lowest BCUT2D eigenvalue weighted by Crippen LogP contribution is -1.94. The van der Waals surface area contributed by atoms with E-state index in [-0.39, 0.29) is 0 Å². The molecule has 0 fully saturated rings. The summed E-state index contributed by atoms with van der Waals surface area (Å²) in [5.74, 6) is 0.488. The molecule has 0 spiro atoms. The second-order valence-electron chi connectivity index (χ2n) is 3.87. The number of hydrogen-bond acceptors (Lipinski definition) is 1. The number of benzene rings is 1. The number of pyridine rings is 1. The number of hydrogen-bond donors (Lipinski definition) is 0. The second-order valence-corrected chi connectivity index (χ2v) is 3.87. The van der Waals surface area contributed by atoms with Gasteiger partial charge in [0.15, 0.2) is 0 Å². The van der Waals surface area contributed by atoms with Crippen molar-refractivity contribution >= 4 is 0 Å². The van der Waals surface area contributed by atoms with Gasteiger partial charge in [-0.15, -0.1) is 0 Å². The maximum atomic E-state index is 4.44. The van der Waals surface area contributed by atoms with E-state index in [4.69, 9.17) is 0 Å². The van der Waals surface area contributed by atoms with E-state index in [0.717, 1.165) is 11.3 Å². The summed E-state index contributed by atoms with van der Waals surface area (Å²) in [6.45, 7) is 4.37. The molecule has 1 heteroatoms. The van der Waals surface area contributed by atoms with Gasteiger partial charge in [0.1, 0.15) is 0 Å². The Morgan fingerprint density at radius 1 is 1.13 bits per heavy atom. The van der Waals surface area contributed by atoms with Crippen molar-refractivity contribution < 1.29 is 0 Å². The van der Waals surface area contributed by atoms with Crippen LogP contribution in [0.4, 0.5) is 0 Å². The van der Waals surface area contributed by atoms with E-state index in [0.29, 0.717) is 5.92 Å². The second kappa shape index (κ2) is 4.26. The highest BCUT2D eigenvalue weighted by Gasteiger charge is 2.08. The summed E-state index contributed by atoms with van der Waals surface area (Å²) in [5.41, 5.74) is 3.40. The van der Waals surface area contributed by atoms with Gasteiger partial charge in [-0.2, -0.15) is 0 Å². The van der Waals surface area contributed by atoms with Gasteiger partial charge in [-0.25, -0.2) is 0 Å². The van der Waals surface area contributed by atoms with E-state index in [9.17, 15) is 0 Å². The van der Waals surface area contributed by atoms with E-state index >= 15 is 0 Å². The monoisotopic (exact) mass is 196 g/mol. The molecule has 1 aromatic carbocycles. The van der Waals surface area contributed by atoms with Crippen molar-refractivity contribution in [2.24, 2.45) is 0 Å². The first-order valence-electron chi connectivity index (χ1n) is 5.21. The van der Waals surface area contributed by atoms with Gasteiger partial charge >= 0.3 is 0 Å². The highest BCUT2D eigenvalue weighted by molar-refractivity contribution is 5.62. The van der Waals surface area contributed by atoms with Crippen LogP contribution in [-0.4, -0.2) is 4.98 Å². The fourth-order valence-corrected chi connectivity index (χ4v) is 1.65. The molecule has 1 radical (unpaired) electrons. The molecule has 0 aliphatic rings. The third kappa shape index (κ3) is 2.07. The van der Waals surface area contributed by atoms with E-state index in [1.54, 1.807) is 0 Å². The lowest BCUT2D eigenvalue weighted by atomic mass is 9.97. The third-order valence-corrected chi connectivity index (χ3v) is 2.43. The summed E-state index contributed by atoms with van der Waals surface area (Å²) in [4.78, 5) is 4.44. The van der Waals surface area contributed by atoms with Crippen LogP contribution in [0, 0.1) is 6.07 Å². The lowest BCUT2D eigenvalue weighted by Gasteiger charge is -2.10. The minimum atomic E-state index is 0.488. The normalized spacial score (nSPS) is 10.6. The topological polar surface area (TPSA) is 12.9 Å². The Balaban J connectivity index is 2.53.